The first-order chi connectivity index (χ1) is 10.9. The lowest BCUT2D eigenvalue weighted by Crippen LogP contribution is -2.42. The van der Waals surface area contributed by atoms with E-state index in [4.69, 9.17) is 4.74 Å². The maximum atomic E-state index is 12.7. The molecule has 0 aromatic heterocycles. The molecule has 3 rings (SSSR count). The number of amides is 3. The average Bonchev–Trinajstić information content (AvgIpc) is 3.11. The minimum atomic E-state index is -1.22. The van der Waals surface area contributed by atoms with Gasteiger partial charge >= 0.3 is 6.03 Å². The second-order valence-corrected chi connectivity index (χ2v) is 5.91. The lowest BCUT2D eigenvalue weighted by Gasteiger charge is -2.23. The van der Waals surface area contributed by atoms with Crippen molar-refractivity contribution in [3.05, 3.63) is 39.9 Å². The molecule has 2 heterocycles. The first kappa shape index (κ1) is 15.4. The fourth-order valence-corrected chi connectivity index (χ4v) is 2.97. The predicted molar refractivity (Wildman–Crippen MR) is 79.7 cm³/mol. The number of imide groups is 1. The fraction of sp³-hybridized carbons (Fsp3) is 0.467. The van der Waals surface area contributed by atoms with E-state index in [1.54, 1.807) is 6.92 Å². The van der Waals surface area contributed by atoms with Gasteiger partial charge in [0.2, 0.25) is 0 Å². The Morgan fingerprint density at radius 3 is 2.65 bits per heavy atom. The summed E-state index contributed by atoms with van der Waals surface area (Å²) >= 11 is 0. The molecule has 0 spiro atoms. The van der Waals surface area contributed by atoms with Crippen molar-refractivity contribution >= 4 is 17.6 Å². The SMILES string of the molecule is C[C@]1(c2ccc([N+](=O)[O-])cc2)NC(=O)N(C[C@H]2CCCO2)C1=O. The zero-order valence-electron chi connectivity index (χ0n) is 12.7. The van der Waals surface area contributed by atoms with Gasteiger partial charge in [0.15, 0.2) is 0 Å². The van der Waals surface area contributed by atoms with Crippen LogP contribution in [-0.2, 0) is 15.1 Å². The summed E-state index contributed by atoms with van der Waals surface area (Å²) in [6.45, 7) is 2.48. The number of hydrogen-bond acceptors (Lipinski definition) is 5. The van der Waals surface area contributed by atoms with E-state index in [0.717, 1.165) is 17.7 Å². The maximum absolute atomic E-state index is 12.7. The number of ether oxygens (including phenoxy) is 1. The largest absolute Gasteiger partial charge is 0.376 e. The lowest BCUT2D eigenvalue weighted by molar-refractivity contribution is -0.384. The van der Waals surface area contributed by atoms with Gasteiger partial charge in [0, 0.05) is 18.7 Å². The van der Waals surface area contributed by atoms with Gasteiger partial charge in [-0.2, -0.15) is 0 Å². The van der Waals surface area contributed by atoms with Crippen LogP contribution in [0.25, 0.3) is 0 Å². The topological polar surface area (TPSA) is 102 Å². The van der Waals surface area contributed by atoms with E-state index in [0.29, 0.717) is 12.2 Å². The van der Waals surface area contributed by atoms with Gasteiger partial charge in [0.25, 0.3) is 11.6 Å². The van der Waals surface area contributed by atoms with Gasteiger partial charge in [-0.1, -0.05) is 0 Å². The van der Waals surface area contributed by atoms with Gasteiger partial charge in [-0.05, 0) is 37.5 Å². The molecule has 0 saturated carbocycles. The summed E-state index contributed by atoms with van der Waals surface area (Å²) in [5, 5.41) is 13.4. The minimum absolute atomic E-state index is 0.0645. The molecule has 0 aliphatic carbocycles. The Balaban J connectivity index is 1.82. The molecule has 3 amide bonds. The third kappa shape index (κ3) is 2.65. The molecule has 23 heavy (non-hydrogen) atoms. The van der Waals surface area contributed by atoms with Crippen LogP contribution in [0.15, 0.2) is 24.3 Å². The third-order valence-electron chi connectivity index (χ3n) is 4.34. The molecule has 8 heteroatoms. The highest BCUT2D eigenvalue weighted by Gasteiger charge is 2.49. The van der Waals surface area contributed by atoms with Crippen LogP contribution in [0.3, 0.4) is 0 Å². The van der Waals surface area contributed by atoms with Crippen molar-refractivity contribution in [1.29, 1.82) is 0 Å². The van der Waals surface area contributed by atoms with Crippen LogP contribution in [-0.4, -0.2) is 41.0 Å². The van der Waals surface area contributed by atoms with Gasteiger partial charge in [-0.3, -0.25) is 19.8 Å². The maximum Gasteiger partial charge on any atom is 0.325 e. The number of nitrogens with one attached hydrogen (secondary N) is 1. The zero-order chi connectivity index (χ0) is 16.6. The Bertz CT molecular complexity index is 654. The molecule has 2 saturated heterocycles. The molecule has 2 fully saturated rings. The molecular weight excluding hydrogens is 302 g/mol. The summed E-state index contributed by atoms with van der Waals surface area (Å²) in [7, 11) is 0. The second kappa shape index (κ2) is 5.62. The summed E-state index contributed by atoms with van der Waals surface area (Å²) in [5.41, 5.74) is -0.771. The minimum Gasteiger partial charge on any atom is -0.376 e. The van der Waals surface area contributed by atoms with Crippen LogP contribution in [0.4, 0.5) is 10.5 Å². The molecular formula is C15H17N3O5. The highest BCUT2D eigenvalue weighted by Crippen LogP contribution is 2.30. The molecule has 1 N–H and O–H groups in total. The zero-order valence-corrected chi connectivity index (χ0v) is 12.7. The average molecular weight is 319 g/mol. The van der Waals surface area contributed by atoms with Crippen LogP contribution >= 0.6 is 0 Å². The number of nitro groups is 1. The van der Waals surface area contributed by atoms with Crippen molar-refractivity contribution in [2.24, 2.45) is 0 Å². The Kier molecular flexibility index (Phi) is 3.77. The first-order valence-corrected chi connectivity index (χ1v) is 7.42. The molecule has 2 aliphatic heterocycles. The van der Waals surface area contributed by atoms with Crippen LogP contribution < -0.4 is 5.32 Å². The lowest BCUT2D eigenvalue weighted by atomic mass is 9.92. The van der Waals surface area contributed by atoms with Crippen molar-refractivity contribution in [2.75, 3.05) is 13.2 Å². The molecule has 122 valence electrons. The predicted octanol–water partition coefficient (Wildman–Crippen LogP) is 1.54. The molecule has 8 nitrogen and oxygen atoms in total. The van der Waals surface area contributed by atoms with Crippen molar-refractivity contribution in [1.82, 2.24) is 10.2 Å². The quantitative estimate of drug-likeness (QED) is 0.515. The molecule has 0 unspecified atom stereocenters. The molecule has 2 atom stereocenters. The number of carbonyl (C=O) groups is 2. The number of benzene rings is 1. The van der Waals surface area contributed by atoms with E-state index in [1.807, 2.05) is 0 Å². The van der Waals surface area contributed by atoms with E-state index >= 15 is 0 Å². The molecule has 0 bridgehead atoms. The van der Waals surface area contributed by atoms with E-state index in [2.05, 4.69) is 5.32 Å². The van der Waals surface area contributed by atoms with Gasteiger partial charge < -0.3 is 10.1 Å². The Labute approximate surface area is 132 Å². The number of nitro benzene ring substituents is 1. The van der Waals surface area contributed by atoms with Gasteiger partial charge in [-0.25, -0.2) is 4.79 Å². The van der Waals surface area contributed by atoms with Crippen molar-refractivity contribution in [2.45, 2.75) is 31.4 Å². The summed E-state index contributed by atoms with van der Waals surface area (Å²) in [6.07, 6.45) is 1.63. The third-order valence-corrected chi connectivity index (χ3v) is 4.34. The number of urea groups is 1. The van der Waals surface area contributed by atoms with E-state index in [9.17, 15) is 19.7 Å². The second-order valence-electron chi connectivity index (χ2n) is 5.91. The number of carbonyl (C=O) groups excluding carboxylic acids is 2. The van der Waals surface area contributed by atoms with Gasteiger partial charge in [0.05, 0.1) is 17.6 Å². The van der Waals surface area contributed by atoms with Crippen LogP contribution in [0.5, 0.6) is 0 Å². The highest BCUT2D eigenvalue weighted by atomic mass is 16.6. The monoisotopic (exact) mass is 319 g/mol. The summed E-state index contributed by atoms with van der Waals surface area (Å²) < 4.78 is 5.48. The standard InChI is InChI=1S/C15H17N3O5/c1-15(10-4-6-11(7-5-10)18(21)22)13(19)17(14(20)16-15)9-12-3-2-8-23-12/h4-7,12H,2-3,8-9H2,1H3,(H,16,20)/t12-,15-/m1/s1. The van der Waals surface area contributed by atoms with Crippen molar-refractivity contribution in [3.8, 4) is 0 Å². The number of non-ortho nitro benzene ring substituents is 1. The summed E-state index contributed by atoms with van der Waals surface area (Å²) in [5.74, 6) is -0.369. The van der Waals surface area contributed by atoms with Crippen LogP contribution in [0.1, 0.15) is 25.3 Å². The van der Waals surface area contributed by atoms with Crippen molar-refractivity contribution in [3.63, 3.8) is 0 Å². The smallest absolute Gasteiger partial charge is 0.325 e. The molecule has 1 aromatic carbocycles. The van der Waals surface area contributed by atoms with E-state index in [1.165, 1.54) is 24.3 Å². The van der Waals surface area contributed by atoms with Gasteiger partial charge in [0.1, 0.15) is 5.54 Å². The fourth-order valence-electron chi connectivity index (χ4n) is 2.97. The Hall–Kier alpha value is -2.48. The van der Waals surface area contributed by atoms with Gasteiger partial charge in [-0.15, -0.1) is 0 Å². The van der Waals surface area contributed by atoms with Crippen molar-refractivity contribution < 1.29 is 19.2 Å². The Morgan fingerprint density at radius 2 is 2.09 bits per heavy atom. The number of hydrogen-bond donors (Lipinski definition) is 1. The summed E-state index contributed by atoms with van der Waals surface area (Å²) in [6, 6.07) is 5.16. The van der Waals surface area contributed by atoms with E-state index < -0.39 is 16.5 Å². The number of rotatable bonds is 4. The number of nitrogens with zero attached hydrogens (tertiary/aromatic N) is 2. The van der Waals surface area contributed by atoms with Crippen LogP contribution in [0.2, 0.25) is 0 Å². The molecule has 2 aliphatic rings. The van der Waals surface area contributed by atoms with E-state index in [-0.39, 0.29) is 24.2 Å². The summed E-state index contributed by atoms with van der Waals surface area (Å²) in [4.78, 5) is 36.2. The first-order valence-electron chi connectivity index (χ1n) is 7.42. The van der Waals surface area contributed by atoms with Crippen LogP contribution in [0, 0.1) is 10.1 Å². The normalized spacial score (nSPS) is 27.3. The highest BCUT2D eigenvalue weighted by molar-refractivity contribution is 6.07. The molecule has 0 radical (unpaired) electrons. The molecule has 1 aromatic rings. The Morgan fingerprint density at radius 1 is 1.39 bits per heavy atom.